The first-order valence-electron chi connectivity index (χ1n) is 4.26. The third-order valence-corrected chi connectivity index (χ3v) is 2.09. The van der Waals surface area contributed by atoms with Crippen LogP contribution in [0.25, 0.3) is 0 Å². The zero-order chi connectivity index (χ0) is 9.84. The monoisotopic (exact) mass is 245 g/mol. The molecule has 0 aromatic carbocycles. The molecule has 0 fully saturated rings. The van der Waals surface area contributed by atoms with Gasteiger partial charge in [-0.2, -0.15) is 0 Å². The van der Waals surface area contributed by atoms with Crippen molar-refractivity contribution in [1.82, 2.24) is 5.23 Å². The fourth-order valence-electron chi connectivity index (χ4n) is 1.23. The summed E-state index contributed by atoms with van der Waals surface area (Å²) in [4.78, 5) is 0. The molecule has 1 rings (SSSR count). The lowest BCUT2D eigenvalue weighted by molar-refractivity contribution is 0.455. The first-order chi connectivity index (χ1) is 6.08. The molecule has 0 aliphatic heterocycles. The van der Waals surface area contributed by atoms with Crippen molar-refractivity contribution in [1.29, 1.82) is 0 Å². The number of hydrogen-bond donors (Lipinski definition) is 2. The third kappa shape index (κ3) is 3.98. The normalized spacial score (nSPS) is 12.9. The van der Waals surface area contributed by atoms with E-state index < -0.39 is 7.05 Å². The van der Waals surface area contributed by atoms with Gasteiger partial charge in [0.15, 0.2) is 4.67 Å². The Labute approximate surface area is 86.8 Å². The number of furan rings is 1. The average Bonchev–Trinajstić information content (AvgIpc) is 2.33. The fraction of sp³-hybridized carbons (Fsp3) is 0.500. The predicted molar refractivity (Wildman–Crippen MR) is 56.5 cm³/mol. The van der Waals surface area contributed by atoms with E-state index in [2.05, 4.69) is 21.2 Å². The summed E-state index contributed by atoms with van der Waals surface area (Å²) >= 11 is 3.24. The lowest BCUT2D eigenvalue weighted by Gasteiger charge is -2.11. The van der Waals surface area contributed by atoms with Gasteiger partial charge in [-0.1, -0.05) is 6.92 Å². The molecule has 3 nitrogen and oxygen atoms in total. The van der Waals surface area contributed by atoms with Crippen LogP contribution in [0.15, 0.2) is 21.2 Å². The van der Waals surface area contributed by atoms with Crippen molar-refractivity contribution in [2.75, 3.05) is 0 Å². The Hall–Kier alpha value is -0.255. The largest absolute Gasteiger partial charge is 0.454 e. The van der Waals surface area contributed by atoms with Crippen LogP contribution < -0.4 is 5.23 Å². The van der Waals surface area contributed by atoms with Crippen molar-refractivity contribution >= 4 is 23.0 Å². The molecule has 0 spiro atoms. The minimum absolute atomic E-state index is 0.207. The van der Waals surface area contributed by atoms with E-state index in [1.54, 1.807) is 6.82 Å². The molecule has 1 atom stereocenters. The van der Waals surface area contributed by atoms with Gasteiger partial charge >= 0.3 is 7.05 Å². The molecule has 72 valence electrons. The summed E-state index contributed by atoms with van der Waals surface area (Å²) in [5, 5.41) is 12.0. The number of rotatable bonds is 4. The van der Waals surface area contributed by atoms with E-state index in [4.69, 9.17) is 9.44 Å². The molecule has 0 bridgehead atoms. The summed E-state index contributed by atoms with van der Waals surface area (Å²) in [6, 6.07) is 3.99. The van der Waals surface area contributed by atoms with E-state index in [-0.39, 0.29) is 6.04 Å². The summed E-state index contributed by atoms with van der Waals surface area (Å²) in [5.74, 6) is 0.910. The van der Waals surface area contributed by atoms with E-state index in [9.17, 15) is 0 Å². The van der Waals surface area contributed by atoms with Gasteiger partial charge in [-0.3, -0.25) is 0 Å². The molecule has 13 heavy (non-hydrogen) atoms. The minimum Gasteiger partial charge on any atom is -0.454 e. The van der Waals surface area contributed by atoms with Gasteiger partial charge in [-0.15, -0.1) is 0 Å². The van der Waals surface area contributed by atoms with E-state index in [1.165, 1.54) is 0 Å². The van der Waals surface area contributed by atoms with E-state index in [0.29, 0.717) is 0 Å². The minimum atomic E-state index is -0.478. The highest BCUT2D eigenvalue weighted by molar-refractivity contribution is 9.10. The smallest absolute Gasteiger partial charge is 0.373 e. The first-order valence-corrected chi connectivity index (χ1v) is 5.05. The molecule has 2 N–H and O–H groups in total. The number of nitrogens with one attached hydrogen (secondary N) is 1. The maximum atomic E-state index is 9.06. The Morgan fingerprint density at radius 1 is 1.69 bits per heavy atom. The summed E-state index contributed by atoms with van der Waals surface area (Å²) < 4.78 is 6.07. The van der Waals surface area contributed by atoms with Crippen LogP contribution in [0.2, 0.25) is 6.82 Å². The third-order valence-electron chi connectivity index (χ3n) is 1.66. The molecule has 0 radical (unpaired) electrons. The van der Waals surface area contributed by atoms with Crippen LogP contribution in [0.3, 0.4) is 0 Å². The molecule has 0 saturated carbocycles. The van der Waals surface area contributed by atoms with Crippen LogP contribution in [-0.4, -0.2) is 18.1 Å². The summed E-state index contributed by atoms with van der Waals surface area (Å²) in [6.07, 6.45) is 0.774. The summed E-state index contributed by atoms with van der Waals surface area (Å²) in [6.45, 7) is 3.71. The van der Waals surface area contributed by atoms with Crippen LogP contribution in [0.5, 0.6) is 0 Å². The highest BCUT2D eigenvalue weighted by atomic mass is 79.9. The van der Waals surface area contributed by atoms with Crippen LogP contribution in [0.4, 0.5) is 0 Å². The standard InChI is InChI=1S/C8H13BBrNO2/c1-6(11-9(2)12)5-7-3-4-8(10)13-7/h3-4,6,11-12H,5H2,1-2H3/t6-/m1/s1. The second-order valence-electron chi connectivity index (χ2n) is 3.15. The molecule has 0 saturated heterocycles. The Kier molecular flexibility index (Phi) is 4.03. The number of hydrogen-bond acceptors (Lipinski definition) is 3. The maximum Gasteiger partial charge on any atom is 0.373 e. The van der Waals surface area contributed by atoms with Gasteiger partial charge in [0.2, 0.25) is 0 Å². The summed E-state index contributed by atoms with van der Waals surface area (Å²) in [7, 11) is -0.478. The molecular weight excluding hydrogens is 233 g/mol. The van der Waals surface area contributed by atoms with Crippen molar-refractivity contribution in [3.05, 3.63) is 22.6 Å². The van der Waals surface area contributed by atoms with Gasteiger partial charge in [0.25, 0.3) is 0 Å². The van der Waals surface area contributed by atoms with Gasteiger partial charge in [-0.05, 0) is 34.9 Å². The van der Waals surface area contributed by atoms with Crippen molar-refractivity contribution in [3.63, 3.8) is 0 Å². The van der Waals surface area contributed by atoms with Crippen molar-refractivity contribution in [2.24, 2.45) is 0 Å². The van der Waals surface area contributed by atoms with E-state index in [0.717, 1.165) is 16.9 Å². The molecular formula is C8H13BBrNO2. The van der Waals surface area contributed by atoms with Gasteiger partial charge in [0.05, 0.1) is 0 Å². The topological polar surface area (TPSA) is 45.4 Å². The van der Waals surface area contributed by atoms with Crippen molar-refractivity contribution in [3.8, 4) is 0 Å². The lowest BCUT2D eigenvalue weighted by atomic mass is 9.87. The first kappa shape index (κ1) is 10.8. The van der Waals surface area contributed by atoms with Gasteiger partial charge in [0, 0.05) is 12.5 Å². The average molecular weight is 246 g/mol. The Morgan fingerprint density at radius 3 is 2.85 bits per heavy atom. The van der Waals surface area contributed by atoms with Gasteiger partial charge in [0.1, 0.15) is 5.76 Å². The summed E-state index contributed by atoms with van der Waals surface area (Å²) in [5.41, 5.74) is 0. The zero-order valence-electron chi connectivity index (χ0n) is 7.75. The molecule has 1 aromatic heterocycles. The quantitative estimate of drug-likeness (QED) is 0.794. The van der Waals surface area contributed by atoms with Crippen molar-refractivity contribution < 1.29 is 9.44 Å². The highest BCUT2D eigenvalue weighted by Crippen LogP contribution is 2.15. The highest BCUT2D eigenvalue weighted by Gasteiger charge is 2.10. The second-order valence-corrected chi connectivity index (χ2v) is 3.94. The van der Waals surface area contributed by atoms with Crippen LogP contribution in [0, 0.1) is 0 Å². The SMILES string of the molecule is CB(O)N[C@H](C)Cc1ccc(Br)o1. The molecule has 0 aliphatic carbocycles. The zero-order valence-corrected chi connectivity index (χ0v) is 9.34. The fourth-order valence-corrected chi connectivity index (χ4v) is 1.57. The Balaban J connectivity index is 2.40. The molecule has 0 aliphatic rings. The molecule has 0 amide bonds. The van der Waals surface area contributed by atoms with E-state index >= 15 is 0 Å². The maximum absolute atomic E-state index is 9.06. The molecule has 5 heteroatoms. The molecule has 0 unspecified atom stereocenters. The van der Waals surface area contributed by atoms with Crippen LogP contribution in [-0.2, 0) is 6.42 Å². The Bertz CT molecular complexity index is 264. The van der Waals surface area contributed by atoms with Crippen molar-refractivity contribution in [2.45, 2.75) is 26.2 Å². The van der Waals surface area contributed by atoms with Crippen LogP contribution in [0.1, 0.15) is 12.7 Å². The number of halogens is 1. The predicted octanol–water partition coefficient (Wildman–Crippen LogP) is 1.67. The molecule has 1 heterocycles. The lowest BCUT2D eigenvalue weighted by Crippen LogP contribution is -2.39. The molecule has 1 aromatic rings. The Morgan fingerprint density at radius 2 is 2.38 bits per heavy atom. The van der Waals surface area contributed by atoms with Gasteiger partial charge < -0.3 is 14.7 Å². The van der Waals surface area contributed by atoms with E-state index in [1.807, 2.05) is 19.1 Å². The van der Waals surface area contributed by atoms with Gasteiger partial charge in [-0.25, -0.2) is 0 Å². The second kappa shape index (κ2) is 4.84. The van der Waals surface area contributed by atoms with Crippen LogP contribution >= 0.6 is 15.9 Å².